The lowest BCUT2D eigenvalue weighted by Gasteiger charge is -2.26. The summed E-state index contributed by atoms with van der Waals surface area (Å²) in [5, 5.41) is 4.65. The molecule has 140 valence electrons. The van der Waals surface area contributed by atoms with Gasteiger partial charge < -0.3 is 20.2 Å². The molecule has 5 heterocycles. The zero-order chi connectivity index (χ0) is 18.2. The van der Waals surface area contributed by atoms with Crippen LogP contribution in [0.25, 0.3) is 15.9 Å². The maximum atomic E-state index is 4.65. The second-order valence-corrected chi connectivity index (χ2v) is 8.25. The number of rotatable bonds is 3. The Balaban J connectivity index is 1.46. The highest BCUT2D eigenvalue weighted by Gasteiger charge is 2.22. The van der Waals surface area contributed by atoms with E-state index < -0.39 is 0 Å². The van der Waals surface area contributed by atoms with E-state index in [-0.39, 0.29) is 0 Å². The van der Waals surface area contributed by atoms with E-state index in [1.165, 1.54) is 23.3 Å². The minimum Gasteiger partial charge on any atom is -0.346 e. The van der Waals surface area contributed by atoms with Gasteiger partial charge in [0.2, 0.25) is 0 Å². The Morgan fingerprint density at radius 2 is 2.19 bits per heavy atom. The molecule has 2 aliphatic rings. The molecule has 0 radical (unpaired) electrons. The molecule has 3 N–H and O–H groups in total. The zero-order valence-electron chi connectivity index (χ0n) is 15.3. The third-order valence-electron chi connectivity index (χ3n) is 5.28. The molecule has 0 aliphatic carbocycles. The van der Waals surface area contributed by atoms with Gasteiger partial charge in [-0.05, 0) is 31.9 Å². The SMILES string of the molecule is Cc1c[nH]c2ncnc(N3C=C(c4cnc(C5CCCCN5)[nH]4)SCC3)c12. The van der Waals surface area contributed by atoms with Gasteiger partial charge in [0.25, 0.3) is 0 Å². The molecule has 7 nitrogen and oxygen atoms in total. The fourth-order valence-corrected chi connectivity index (χ4v) is 4.82. The van der Waals surface area contributed by atoms with Gasteiger partial charge in [-0.25, -0.2) is 15.0 Å². The summed E-state index contributed by atoms with van der Waals surface area (Å²) in [4.78, 5) is 23.8. The summed E-state index contributed by atoms with van der Waals surface area (Å²) < 4.78 is 0. The quantitative estimate of drug-likeness (QED) is 0.645. The van der Waals surface area contributed by atoms with Crippen LogP contribution in [0.4, 0.5) is 5.82 Å². The van der Waals surface area contributed by atoms with E-state index in [2.05, 4.69) is 48.3 Å². The number of aromatic amines is 2. The van der Waals surface area contributed by atoms with Crippen LogP contribution in [-0.2, 0) is 0 Å². The third kappa shape index (κ3) is 3.12. The van der Waals surface area contributed by atoms with Gasteiger partial charge in [-0.1, -0.05) is 6.42 Å². The molecule has 3 aromatic heterocycles. The lowest BCUT2D eigenvalue weighted by molar-refractivity contribution is 0.399. The lowest BCUT2D eigenvalue weighted by Crippen LogP contribution is -2.27. The van der Waals surface area contributed by atoms with Crippen LogP contribution >= 0.6 is 11.8 Å². The predicted molar refractivity (Wildman–Crippen MR) is 110 cm³/mol. The summed E-state index contributed by atoms with van der Waals surface area (Å²) in [6, 6.07) is 0.349. The summed E-state index contributed by atoms with van der Waals surface area (Å²) in [5.41, 5.74) is 3.14. The number of aryl methyl sites for hydroxylation is 1. The van der Waals surface area contributed by atoms with Crippen LogP contribution in [0.1, 0.15) is 42.4 Å². The molecule has 1 saturated heterocycles. The van der Waals surface area contributed by atoms with Gasteiger partial charge in [0.05, 0.1) is 23.3 Å². The Morgan fingerprint density at radius 1 is 1.22 bits per heavy atom. The number of H-pyrrole nitrogens is 2. The Kier molecular flexibility index (Phi) is 4.37. The van der Waals surface area contributed by atoms with Crippen molar-refractivity contribution in [2.24, 2.45) is 0 Å². The van der Waals surface area contributed by atoms with Crippen LogP contribution < -0.4 is 10.2 Å². The molecule has 8 heteroatoms. The Morgan fingerprint density at radius 3 is 3.07 bits per heavy atom. The van der Waals surface area contributed by atoms with Crippen molar-refractivity contribution in [1.29, 1.82) is 0 Å². The fraction of sp³-hybridized carbons (Fsp3) is 0.421. The number of piperidine rings is 1. The van der Waals surface area contributed by atoms with Crippen molar-refractivity contribution in [3.05, 3.63) is 42.0 Å². The molecule has 0 bridgehead atoms. The van der Waals surface area contributed by atoms with E-state index in [1.807, 2.05) is 24.2 Å². The van der Waals surface area contributed by atoms with Crippen LogP contribution in [0.5, 0.6) is 0 Å². The van der Waals surface area contributed by atoms with Gasteiger partial charge >= 0.3 is 0 Å². The maximum Gasteiger partial charge on any atom is 0.145 e. The largest absolute Gasteiger partial charge is 0.346 e. The van der Waals surface area contributed by atoms with Crippen molar-refractivity contribution >= 4 is 33.5 Å². The second kappa shape index (κ2) is 7.01. The first-order chi connectivity index (χ1) is 13.3. The minimum absolute atomic E-state index is 0.349. The van der Waals surface area contributed by atoms with Gasteiger partial charge in [-0.2, -0.15) is 0 Å². The Labute approximate surface area is 162 Å². The number of hydrogen-bond donors (Lipinski definition) is 3. The number of aromatic nitrogens is 5. The Bertz CT molecular complexity index is 983. The second-order valence-electron chi connectivity index (χ2n) is 7.11. The molecule has 0 amide bonds. The summed E-state index contributed by atoms with van der Waals surface area (Å²) in [6.07, 6.45) is 11.4. The summed E-state index contributed by atoms with van der Waals surface area (Å²) >= 11 is 1.86. The van der Waals surface area contributed by atoms with Crippen LogP contribution in [0.15, 0.2) is 24.9 Å². The topological polar surface area (TPSA) is 85.5 Å². The molecule has 1 unspecified atom stereocenters. The molecule has 27 heavy (non-hydrogen) atoms. The number of nitrogens with zero attached hydrogens (tertiary/aromatic N) is 4. The first-order valence-corrected chi connectivity index (χ1v) is 10.5. The highest BCUT2D eigenvalue weighted by molar-refractivity contribution is 8.08. The number of nitrogens with one attached hydrogen (secondary N) is 3. The van der Waals surface area contributed by atoms with E-state index in [4.69, 9.17) is 0 Å². The van der Waals surface area contributed by atoms with E-state index in [1.54, 1.807) is 6.33 Å². The molecule has 2 aliphatic heterocycles. The summed E-state index contributed by atoms with van der Waals surface area (Å²) in [7, 11) is 0. The number of imidazole rings is 1. The average molecular weight is 382 g/mol. The third-order valence-corrected chi connectivity index (χ3v) is 6.31. The smallest absolute Gasteiger partial charge is 0.145 e. The van der Waals surface area contributed by atoms with E-state index in [9.17, 15) is 0 Å². The van der Waals surface area contributed by atoms with Crippen LogP contribution in [0.3, 0.4) is 0 Å². The van der Waals surface area contributed by atoms with Crippen LogP contribution in [0.2, 0.25) is 0 Å². The number of anilines is 1. The minimum atomic E-state index is 0.349. The van der Waals surface area contributed by atoms with Gasteiger partial charge in [0, 0.05) is 29.6 Å². The van der Waals surface area contributed by atoms with E-state index in [0.29, 0.717) is 6.04 Å². The molecule has 1 atom stereocenters. The van der Waals surface area contributed by atoms with Crippen molar-refractivity contribution in [1.82, 2.24) is 30.2 Å². The number of thioether (sulfide) groups is 1. The van der Waals surface area contributed by atoms with Gasteiger partial charge in [-0.15, -0.1) is 11.8 Å². The average Bonchev–Trinajstić information content (AvgIpc) is 3.36. The summed E-state index contributed by atoms with van der Waals surface area (Å²) in [5.74, 6) is 3.02. The van der Waals surface area contributed by atoms with Crippen molar-refractivity contribution in [2.75, 3.05) is 23.7 Å². The summed E-state index contributed by atoms with van der Waals surface area (Å²) in [6.45, 7) is 4.09. The first-order valence-electron chi connectivity index (χ1n) is 9.48. The number of hydrogen-bond acceptors (Lipinski definition) is 6. The highest BCUT2D eigenvalue weighted by atomic mass is 32.2. The molecular formula is C19H23N7S. The van der Waals surface area contributed by atoms with Crippen molar-refractivity contribution in [3.63, 3.8) is 0 Å². The van der Waals surface area contributed by atoms with Crippen LogP contribution in [0, 0.1) is 6.92 Å². The highest BCUT2D eigenvalue weighted by Crippen LogP contribution is 2.35. The van der Waals surface area contributed by atoms with Crippen molar-refractivity contribution in [2.45, 2.75) is 32.2 Å². The molecule has 5 rings (SSSR count). The van der Waals surface area contributed by atoms with Crippen molar-refractivity contribution < 1.29 is 0 Å². The van der Waals surface area contributed by atoms with Gasteiger partial charge in [0.1, 0.15) is 23.6 Å². The number of fused-ring (bicyclic) bond motifs is 1. The Hall–Kier alpha value is -2.32. The molecule has 1 fully saturated rings. The normalized spacial score (nSPS) is 20.9. The van der Waals surface area contributed by atoms with Gasteiger partial charge in [0.15, 0.2) is 0 Å². The molecule has 3 aromatic rings. The molecular weight excluding hydrogens is 358 g/mol. The monoisotopic (exact) mass is 381 g/mol. The van der Waals surface area contributed by atoms with Crippen LogP contribution in [-0.4, -0.2) is 43.8 Å². The molecule has 0 aromatic carbocycles. The lowest BCUT2D eigenvalue weighted by atomic mass is 10.0. The molecule has 0 spiro atoms. The molecule has 0 saturated carbocycles. The zero-order valence-corrected chi connectivity index (χ0v) is 16.1. The first kappa shape index (κ1) is 16.8. The standard InChI is InChI=1S/C19H23N7S/c1-12-8-21-18-16(12)19(24-11-23-18)26-6-7-27-15(10-26)14-9-22-17(25-14)13-4-2-3-5-20-13/h8-11,13,20H,2-7H2,1H3,(H,22,25)(H,21,23,24). The van der Waals surface area contributed by atoms with Gasteiger partial charge in [-0.3, -0.25) is 0 Å². The predicted octanol–water partition coefficient (Wildman–Crippen LogP) is 3.36. The van der Waals surface area contributed by atoms with E-state index in [0.717, 1.165) is 53.6 Å². The van der Waals surface area contributed by atoms with Crippen molar-refractivity contribution in [3.8, 4) is 0 Å². The fourth-order valence-electron chi connectivity index (χ4n) is 3.85. The maximum absolute atomic E-state index is 4.65. The van der Waals surface area contributed by atoms with E-state index >= 15 is 0 Å².